The summed E-state index contributed by atoms with van der Waals surface area (Å²) in [6.07, 6.45) is 0.423. The van der Waals surface area contributed by atoms with Crippen molar-refractivity contribution in [2.75, 3.05) is 6.61 Å². The number of hydrogen-bond acceptors (Lipinski definition) is 7. The molecule has 0 aliphatic carbocycles. The zero-order chi connectivity index (χ0) is 22.3. The Kier molecular flexibility index (Phi) is 5.46. The number of benzene rings is 1. The number of hydrogen-bond donors (Lipinski definition) is 3. The van der Waals surface area contributed by atoms with E-state index in [0.29, 0.717) is 16.2 Å². The largest absolute Gasteiger partial charge is 0.488 e. The van der Waals surface area contributed by atoms with Gasteiger partial charge in [-0.15, -0.1) is 0 Å². The lowest BCUT2D eigenvalue weighted by molar-refractivity contribution is -0.156. The van der Waals surface area contributed by atoms with Gasteiger partial charge in [-0.25, -0.2) is 9.59 Å². The van der Waals surface area contributed by atoms with Gasteiger partial charge in [0.2, 0.25) is 5.91 Å². The van der Waals surface area contributed by atoms with Crippen LogP contribution in [0, 0.1) is 5.92 Å². The number of H-pyrrole nitrogens is 1. The number of rotatable bonds is 7. The zero-order valence-corrected chi connectivity index (χ0v) is 17.2. The number of carbonyl (C=O) groups is 2. The lowest BCUT2D eigenvalue weighted by Crippen LogP contribution is -2.60. The molecule has 31 heavy (non-hydrogen) atoms. The van der Waals surface area contributed by atoms with Crippen LogP contribution in [0.4, 0.5) is 0 Å². The first-order valence-electron chi connectivity index (χ1n) is 9.42. The lowest BCUT2D eigenvalue weighted by atomic mass is 9.92. The topological polar surface area (TPSA) is 142 Å². The van der Waals surface area contributed by atoms with Gasteiger partial charge in [0.1, 0.15) is 23.4 Å². The first-order valence-corrected chi connectivity index (χ1v) is 10.3. The maximum atomic E-state index is 12.2. The van der Waals surface area contributed by atoms with Crippen molar-refractivity contribution in [2.45, 2.75) is 24.9 Å². The van der Waals surface area contributed by atoms with E-state index in [4.69, 9.17) is 4.74 Å². The fourth-order valence-electron chi connectivity index (χ4n) is 3.58. The van der Waals surface area contributed by atoms with E-state index in [1.807, 2.05) is 0 Å². The standard InChI is InChI=1S/C20H19N3O7S/c1-10(24)15-17(26)23-16(19(27)28)13(31-18(15)23)9-30-12-4-2-11(3-5-12)8-22-14(25)6-7-21-20(22)29/h2-7,10,15,18,24H,8-9H2,1H3,(H,21,29)(H,27,28)/t10-,15+,18-/m1/s1. The summed E-state index contributed by atoms with van der Waals surface area (Å²) in [5.74, 6) is -1.81. The number of carboxylic acids is 1. The second-order valence-corrected chi connectivity index (χ2v) is 8.41. The molecule has 0 radical (unpaired) electrons. The third-order valence-electron chi connectivity index (χ3n) is 5.15. The summed E-state index contributed by atoms with van der Waals surface area (Å²) in [6, 6.07) is 7.96. The predicted octanol–water partition coefficient (Wildman–Crippen LogP) is 0.172. The average molecular weight is 445 g/mol. The summed E-state index contributed by atoms with van der Waals surface area (Å²) < 4.78 is 6.76. The minimum Gasteiger partial charge on any atom is -0.488 e. The van der Waals surface area contributed by atoms with Crippen LogP contribution in [0.1, 0.15) is 12.5 Å². The maximum Gasteiger partial charge on any atom is 0.353 e. The van der Waals surface area contributed by atoms with E-state index in [2.05, 4.69) is 4.98 Å². The molecule has 0 spiro atoms. The number of carboxylic acid groups (broad SMARTS) is 1. The number of nitrogens with one attached hydrogen (secondary N) is 1. The Balaban J connectivity index is 1.45. The molecule has 2 aromatic rings. The summed E-state index contributed by atoms with van der Waals surface area (Å²) in [5.41, 5.74) is -0.323. The number of aromatic nitrogens is 2. The number of aliphatic carboxylic acids is 1. The molecule has 11 heteroatoms. The SMILES string of the molecule is C[C@@H](O)[C@H]1C(=O)N2C(C(=O)O)=C(COc3ccc(Cn4c(=O)cc[nH]c4=O)cc3)S[C@H]12. The number of aromatic amines is 1. The molecule has 3 N–H and O–H groups in total. The fraction of sp³-hybridized carbons (Fsp3) is 0.300. The van der Waals surface area contributed by atoms with Gasteiger partial charge in [-0.05, 0) is 24.6 Å². The van der Waals surface area contributed by atoms with Gasteiger partial charge in [0.15, 0.2) is 0 Å². The van der Waals surface area contributed by atoms with Crippen LogP contribution < -0.4 is 16.0 Å². The molecule has 1 saturated heterocycles. The lowest BCUT2D eigenvalue weighted by Gasteiger charge is -2.43. The molecule has 1 aromatic heterocycles. The Morgan fingerprint density at radius 3 is 2.55 bits per heavy atom. The number of aliphatic hydroxyl groups excluding tert-OH is 1. The third kappa shape index (κ3) is 3.77. The maximum absolute atomic E-state index is 12.2. The van der Waals surface area contributed by atoms with Gasteiger partial charge >= 0.3 is 11.7 Å². The molecule has 0 unspecified atom stereocenters. The van der Waals surface area contributed by atoms with Crippen LogP contribution >= 0.6 is 11.8 Å². The van der Waals surface area contributed by atoms with E-state index in [9.17, 15) is 29.4 Å². The monoisotopic (exact) mass is 445 g/mol. The Bertz CT molecular complexity index is 1150. The minimum absolute atomic E-state index is 0.0454. The number of thioether (sulfide) groups is 1. The van der Waals surface area contributed by atoms with Gasteiger partial charge in [-0.3, -0.25) is 19.1 Å². The highest BCUT2D eigenvalue weighted by atomic mass is 32.2. The number of amides is 1. The first kappa shape index (κ1) is 20.9. The highest BCUT2D eigenvalue weighted by molar-refractivity contribution is 8.04. The van der Waals surface area contributed by atoms with E-state index < -0.39 is 40.5 Å². The Hall–Kier alpha value is -3.31. The summed E-state index contributed by atoms with van der Waals surface area (Å²) >= 11 is 1.21. The van der Waals surface area contributed by atoms with E-state index in [0.717, 1.165) is 4.57 Å². The van der Waals surface area contributed by atoms with Gasteiger partial charge in [-0.1, -0.05) is 23.9 Å². The molecule has 2 aliphatic rings. The highest BCUT2D eigenvalue weighted by Gasteiger charge is 2.57. The van der Waals surface area contributed by atoms with E-state index in [-0.39, 0.29) is 18.8 Å². The molecule has 0 saturated carbocycles. The normalized spacial score (nSPS) is 21.0. The molecule has 1 amide bonds. The van der Waals surface area contributed by atoms with Gasteiger partial charge in [0.05, 0.1) is 23.5 Å². The molecule has 2 aliphatic heterocycles. The van der Waals surface area contributed by atoms with Crippen LogP contribution in [0.15, 0.2) is 56.7 Å². The molecule has 1 aromatic carbocycles. The first-order chi connectivity index (χ1) is 14.8. The fourth-order valence-corrected chi connectivity index (χ4v) is 5.10. The number of ether oxygens (including phenoxy) is 1. The van der Waals surface area contributed by atoms with E-state index >= 15 is 0 Å². The van der Waals surface area contributed by atoms with Crippen molar-refractivity contribution >= 4 is 23.6 Å². The molecular weight excluding hydrogens is 426 g/mol. The third-order valence-corrected chi connectivity index (χ3v) is 6.49. The quantitative estimate of drug-likeness (QED) is 0.512. The van der Waals surface area contributed by atoms with E-state index in [1.165, 1.54) is 35.8 Å². The van der Waals surface area contributed by atoms with Crippen LogP contribution in [-0.2, 0) is 16.1 Å². The predicted molar refractivity (Wildman–Crippen MR) is 110 cm³/mol. The van der Waals surface area contributed by atoms with Crippen molar-refractivity contribution in [3.63, 3.8) is 0 Å². The number of nitrogens with zero attached hydrogens (tertiary/aromatic N) is 2. The van der Waals surface area contributed by atoms with Gasteiger partial charge in [0.25, 0.3) is 5.56 Å². The van der Waals surface area contributed by atoms with Crippen LogP contribution in [0.3, 0.4) is 0 Å². The molecule has 4 rings (SSSR count). The molecule has 1 fully saturated rings. The Morgan fingerprint density at radius 1 is 1.23 bits per heavy atom. The smallest absolute Gasteiger partial charge is 0.353 e. The summed E-state index contributed by atoms with van der Waals surface area (Å²) in [4.78, 5) is 51.5. The van der Waals surface area contributed by atoms with Crippen molar-refractivity contribution < 1.29 is 24.5 Å². The number of aliphatic hydroxyl groups is 1. The molecule has 3 heterocycles. The summed E-state index contributed by atoms with van der Waals surface area (Å²) in [5, 5.41) is 18.9. The van der Waals surface area contributed by atoms with Crippen LogP contribution in [0.5, 0.6) is 5.75 Å². The molecule has 0 bridgehead atoms. The second-order valence-electron chi connectivity index (χ2n) is 7.20. The number of β-lactam (4-membered cyclic amide) rings is 1. The summed E-state index contributed by atoms with van der Waals surface area (Å²) in [6.45, 7) is 1.56. The molecule has 3 atom stereocenters. The van der Waals surface area contributed by atoms with Crippen LogP contribution in [-0.4, -0.2) is 54.6 Å². The van der Waals surface area contributed by atoms with Crippen molar-refractivity contribution in [1.82, 2.24) is 14.5 Å². The molecule has 162 valence electrons. The van der Waals surface area contributed by atoms with Crippen molar-refractivity contribution in [1.29, 1.82) is 0 Å². The Labute approximate surface area is 179 Å². The molecular formula is C20H19N3O7S. The van der Waals surface area contributed by atoms with Gasteiger partial charge in [0, 0.05) is 12.3 Å². The van der Waals surface area contributed by atoms with Gasteiger partial charge in [-0.2, -0.15) is 0 Å². The molecule has 10 nitrogen and oxygen atoms in total. The summed E-state index contributed by atoms with van der Waals surface area (Å²) in [7, 11) is 0. The van der Waals surface area contributed by atoms with E-state index in [1.54, 1.807) is 24.3 Å². The second kappa shape index (κ2) is 8.08. The highest BCUT2D eigenvalue weighted by Crippen LogP contribution is 2.50. The van der Waals surface area contributed by atoms with Crippen molar-refractivity contribution in [3.05, 3.63) is 73.5 Å². The Morgan fingerprint density at radius 2 is 1.94 bits per heavy atom. The minimum atomic E-state index is -1.22. The van der Waals surface area contributed by atoms with Crippen LogP contribution in [0.2, 0.25) is 0 Å². The van der Waals surface area contributed by atoms with Gasteiger partial charge < -0.3 is 19.9 Å². The van der Waals surface area contributed by atoms with Crippen molar-refractivity contribution in [2.24, 2.45) is 5.92 Å². The number of fused-ring (bicyclic) bond motifs is 1. The average Bonchev–Trinajstić information content (AvgIpc) is 3.04. The number of carbonyl (C=O) groups excluding carboxylic acids is 1. The van der Waals surface area contributed by atoms with Crippen LogP contribution in [0.25, 0.3) is 0 Å². The van der Waals surface area contributed by atoms with Crippen molar-refractivity contribution in [3.8, 4) is 5.75 Å². The zero-order valence-electron chi connectivity index (χ0n) is 16.3.